The number of unbranched alkanes of at least 4 members (excludes halogenated alkanes) is 1. The molecule has 9 N–H and O–H groups in total. The predicted molar refractivity (Wildman–Crippen MR) is 157 cm³/mol. The van der Waals surface area contributed by atoms with Crippen LogP contribution in [0.4, 0.5) is 10.5 Å². The summed E-state index contributed by atoms with van der Waals surface area (Å²) in [5.74, 6) is -2.75. The maximum absolute atomic E-state index is 13.4. The van der Waals surface area contributed by atoms with E-state index in [4.69, 9.17) is 16.2 Å². The number of esters is 1. The summed E-state index contributed by atoms with van der Waals surface area (Å²) in [6.07, 6.45) is 2.13. The van der Waals surface area contributed by atoms with Crippen molar-refractivity contribution in [3.63, 3.8) is 0 Å². The molecule has 0 bridgehead atoms. The van der Waals surface area contributed by atoms with Crippen LogP contribution in [0.5, 0.6) is 0 Å². The first-order chi connectivity index (χ1) is 19.8. The van der Waals surface area contributed by atoms with Gasteiger partial charge in [0.2, 0.25) is 23.6 Å². The van der Waals surface area contributed by atoms with E-state index >= 15 is 0 Å². The topological polar surface area (TPSA) is 224 Å². The Balaban J connectivity index is 3.01. The summed E-state index contributed by atoms with van der Waals surface area (Å²) in [6.45, 7) is 6.83. The van der Waals surface area contributed by atoms with Gasteiger partial charge in [-0.3, -0.25) is 24.0 Å². The van der Waals surface area contributed by atoms with E-state index in [2.05, 4.69) is 26.6 Å². The number of rotatable bonds is 18. The standard InChI is InChI=1S/C28H45N7O7/c1-17(2)24(35-26(39)22(32-18(3)36)8-5-6-14-29)27(40)34-23(9-7-15-31-28(30)41)25(38)33-21-12-10-20(11-13-21)16-42-19(4)37/h10-13,17,22-24H,5-9,14-16,29H2,1-4H3,(H,32,36)(H,33,38)(H,34,40)(H,35,39)(H3,30,31,41)/t22-,23-,24-/m0/s1. The van der Waals surface area contributed by atoms with Crippen molar-refractivity contribution in [1.82, 2.24) is 21.3 Å². The van der Waals surface area contributed by atoms with Crippen molar-refractivity contribution in [1.29, 1.82) is 0 Å². The van der Waals surface area contributed by atoms with Crippen LogP contribution in [0, 0.1) is 5.92 Å². The van der Waals surface area contributed by atoms with Crippen LogP contribution in [0.1, 0.15) is 65.4 Å². The summed E-state index contributed by atoms with van der Waals surface area (Å²) in [4.78, 5) is 73.4. The Kier molecular flexibility index (Phi) is 16.2. The number of amides is 6. The smallest absolute Gasteiger partial charge is 0.312 e. The Bertz CT molecular complexity index is 1060. The third-order valence-electron chi connectivity index (χ3n) is 6.15. The quantitative estimate of drug-likeness (QED) is 0.0932. The summed E-state index contributed by atoms with van der Waals surface area (Å²) in [5.41, 5.74) is 11.8. The molecule has 1 aromatic rings. The zero-order valence-corrected chi connectivity index (χ0v) is 24.8. The van der Waals surface area contributed by atoms with Gasteiger partial charge < -0.3 is 42.8 Å². The average molecular weight is 592 g/mol. The fourth-order valence-electron chi connectivity index (χ4n) is 3.94. The number of carbonyl (C=O) groups is 6. The lowest BCUT2D eigenvalue weighted by molar-refractivity contribution is -0.142. The number of hydrogen-bond acceptors (Lipinski definition) is 8. The fourth-order valence-corrected chi connectivity index (χ4v) is 3.94. The highest BCUT2D eigenvalue weighted by Gasteiger charge is 2.31. The number of urea groups is 1. The molecule has 1 aromatic carbocycles. The van der Waals surface area contributed by atoms with Crippen molar-refractivity contribution in [3.05, 3.63) is 29.8 Å². The first-order valence-electron chi connectivity index (χ1n) is 14.0. The van der Waals surface area contributed by atoms with E-state index in [1.54, 1.807) is 38.1 Å². The minimum atomic E-state index is -1.01. The molecule has 42 heavy (non-hydrogen) atoms. The van der Waals surface area contributed by atoms with Crippen LogP contribution < -0.4 is 38.1 Å². The lowest BCUT2D eigenvalue weighted by atomic mass is 10.0. The van der Waals surface area contributed by atoms with Gasteiger partial charge in [0, 0.05) is 26.1 Å². The third kappa shape index (κ3) is 14.4. The Hall–Kier alpha value is -4.20. The molecule has 0 saturated carbocycles. The summed E-state index contributed by atoms with van der Waals surface area (Å²) >= 11 is 0. The Morgan fingerprint density at radius 2 is 1.43 bits per heavy atom. The molecule has 14 nitrogen and oxygen atoms in total. The first-order valence-corrected chi connectivity index (χ1v) is 14.0. The van der Waals surface area contributed by atoms with E-state index in [0.717, 1.165) is 5.56 Å². The van der Waals surface area contributed by atoms with Crippen molar-refractivity contribution >= 4 is 41.3 Å². The van der Waals surface area contributed by atoms with Crippen LogP contribution >= 0.6 is 0 Å². The number of ether oxygens (including phenoxy) is 1. The van der Waals surface area contributed by atoms with Crippen molar-refractivity contribution in [3.8, 4) is 0 Å². The highest BCUT2D eigenvalue weighted by atomic mass is 16.5. The molecular weight excluding hydrogens is 546 g/mol. The molecule has 0 aliphatic heterocycles. The number of benzene rings is 1. The minimum absolute atomic E-state index is 0.0905. The van der Waals surface area contributed by atoms with E-state index in [-0.39, 0.29) is 31.4 Å². The number of anilines is 1. The summed E-state index contributed by atoms with van der Waals surface area (Å²) in [5, 5.41) is 13.2. The first kappa shape index (κ1) is 35.8. The summed E-state index contributed by atoms with van der Waals surface area (Å²) in [7, 11) is 0. The summed E-state index contributed by atoms with van der Waals surface area (Å²) in [6, 6.07) is 3.08. The molecule has 234 valence electrons. The zero-order chi connectivity index (χ0) is 31.7. The van der Waals surface area contributed by atoms with Gasteiger partial charge in [-0.1, -0.05) is 26.0 Å². The molecule has 0 aliphatic rings. The fraction of sp³-hybridized carbons (Fsp3) is 0.571. The van der Waals surface area contributed by atoms with Gasteiger partial charge in [-0.15, -0.1) is 0 Å². The molecule has 0 aliphatic carbocycles. The highest BCUT2D eigenvalue weighted by molar-refractivity contribution is 5.99. The minimum Gasteiger partial charge on any atom is -0.461 e. The monoisotopic (exact) mass is 591 g/mol. The van der Waals surface area contributed by atoms with Crippen LogP contribution in [-0.4, -0.2) is 66.8 Å². The van der Waals surface area contributed by atoms with Crippen LogP contribution in [0.2, 0.25) is 0 Å². The molecule has 0 spiro atoms. The highest BCUT2D eigenvalue weighted by Crippen LogP contribution is 2.13. The van der Waals surface area contributed by atoms with Gasteiger partial charge in [-0.05, 0) is 62.3 Å². The number of nitrogens with one attached hydrogen (secondary N) is 5. The zero-order valence-electron chi connectivity index (χ0n) is 24.8. The van der Waals surface area contributed by atoms with Gasteiger partial charge in [0.05, 0.1) is 0 Å². The molecule has 0 fully saturated rings. The van der Waals surface area contributed by atoms with E-state index < -0.39 is 47.8 Å². The molecule has 3 atom stereocenters. The second kappa shape index (κ2) is 19.0. The maximum Gasteiger partial charge on any atom is 0.312 e. The van der Waals surface area contributed by atoms with Crippen molar-refractivity contribution < 1.29 is 33.5 Å². The number of carbonyl (C=O) groups excluding carboxylic acids is 6. The van der Waals surface area contributed by atoms with E-state index in [1.165, 1.54) is 13.8 Å². The van der Waals surface area contributed by atoms with Crippen LogP contribution in [-0.2, 0) is 35.3 Å². The second-order valence-electron chi connectivity index (χ2n) is 10.2. The van der Waals surface area contributed by atoms with Crippen molar-refractivity contribution in [2.24, 2.45) is 17.4 Å². The van der Waals surface area contributed by atoms with Crippen LogP contribution in [0.25, 0.3) is 0 Å². The van der Waals surface area contributed by atoms with E-state index in [0.29, 0.717) is 37.9 Å². The Morgan fingerprint density at radius 1 is 0.810 bits per heavy atom. The largest absolute Gasteiger partial charge is 0.461 e. The second-order valence-corrected chi connectivity index (χ2v) is 10.2. The molecular formula is C28H45N7O7. The molecule has 0 unspecified atom stereocenters. The number of primary amides is 1. The van der Waals surface area contributed by atoms with Crippen LogP contribution in [0.15, 0.2) is 24.3 Å². The number of hydrogen-bond donors (Lipinski definition) is 7. The van der Waals surface area contributed by atoms with Gasteiger partial charge >= 0.3 is 12.0 Å². The Labute approximate surface area is 246 Å². The summed E-state index contributed by atoms with van der Waals surface area (Å²) < 4.78 is 4.96. The van der Waals surface area contributed by atoms with Gasteiger partial charge in [-0.25, -0.2) is 4.79 Å². The lowest BCUT2D eigenvalue weighted by Gasteiger charge is -2.27. The molecule has 14 heteroatoms. The van der Waals surface area contributed by atoms with E-state index in [9.17, 15) is 28.8 Å². The molecule has 0 heterocycles. The molecule has 0 saturated heterocycles. The number of nitrogens with two attached hydrogens (primary N) is 2. The van der Waals surface area contributed by atoms with Gasteiger partial charge in [0.1, 0.15) is 24.7 Å². The molecule has 6 amide bonds. The maximum atomic E-state index is 13.4. The van der Waals surface area contributed by atoms with Crippen molar-refractivity contribution in [2.75, 3.05) is 18.4 Å². The molecule has 1 rings (SSSR count). The lowest BCUT2D eigenvalue weighted by Crippen LogP contribution is -2.57. The average Bonchev–Trinajstić information content (AvgIpc) is 2.91. The van der Waals surface area contributed by atoms with Crippen molar-refractivity contribution in [2.45, 2.75) is 84.5 Å². The molecule has 0 aromatic heterocycles. The predicted octanol–water partition coefficient (Wildman–Crippen LogP) is 0.396. The molecule has 0 radical (unpaired) electrons. The SMILES string of the molecule is CC(=O)N[C@@H](CCCCN)C(=O)N[C@H](C(=O)N[C@@H](CCCNC(N)=O)C(=O)Nc1ccc(COC(C)=O)cc1)C(C)C. The van der Waals surface area contributed by atoms with Gasteiger partial charge in [0.25, 0.3) is 0 Å². The Morgan fingerprint density at radius 3 is 1.98 bits per heavy atom. The van der Waals surface area contributed by atoms with Gasteiger partial charge in [0.15, 0.2) is 0 Å². The van der Waals surface area contributed by atoms with Gasteiger partial charge in [-0.2, -0.15) is 0 Å². The normalized spacial score (nSPS) is 12.8. The van der Waals surface area contributed by atoms with Crippen LogP contribution in [0.3, 0.4) is 0 Å². The van der Waals surface area contributed by atoms with E-state index in [1.807, 2.05) is 0 Å². The third-order valence-corrected chi connectivity index (χ3v) is 6.15.